The number of aromatic nitrogens is 2. The van der Waals surface area contributed by atoms with Crippen LogP contribution in [0.2, 0.25) is 0 Å². The molecular formula is C12H16F3N5. The summed E-state index contributed by atoms with van der Waals surface area (Å²) in [7, 11) is 1.49. The summed E-state index contributed by atoms with van der Waals surface area (Å²) < 4.78 is 38.3. The fourth-order valence-electron chi connectivity index (χ4n) is 1.61. The lowest BCUT2D eigenvalue weighted by Gasteiger charge is -2.24. The van der Waals surface area contributed by atoms with Crippen LogP contribution in [0.1, 0.15) is 19.7 Å². The molecule has 5 nitrogen and oxygen atoms in total. The number of halogens is 3. The van der Waals surface area contributed by atoms with Gasteiger partial charge in [0.05, 0.1) is 12.0 Å². The Bertz CT molecular complexity index is 495. The number of anilines is 2. The van der Waals surface area contributed by atoms with Crippen molar-refractivity contribution < 1.29 is 13.2 Å². The monoisotopic (exact) mass is 287 g/mol. The fraction of sp³-hybridized carbons (Fsp3) is 0.583. The molecule has 1 aromatic rings. The van der Waals surface area contributed by atoms with Gasteiger partial charge in [-0.25, -0.2) is 9.97 Å². The Balaban J connectivity index is 3.18. The van der Waals surface area contributed by atoms with Gasteiger partial charge in [0.1, 0.15) is 11.6 Å². The van der Waals surface area contributed by atoms with Gasteiger partial charge in [-0.05, 0) is 13.8 Å². The molecule has 0 aliphatic heterocycles. The first-order valence-corrected chi connectivity index (χ1v) is 6.10. The van der Waals surface area contributed by atoms with Crippen LogP contribution in [0.4, 0.5) is 24.8 Å². The number of hydrogen-bond acceptors (Lipinski definition) is 5. The van der Waals surface area contributed by atoms with Gasteiger partial charge in [-0.2, -0.15) is 18.4 Å². The van der Waals surface area contributed by atoms with Gasteiger partial charge in [-0.1, -0.05) is 0 Å². The number of alkyl halides is 3. The Morgan fingerprint density at radius 1 is 1.45 bits per heavy atom. The van der Waals surface area contributed by atoms with Crippen molar-refractivity contribution in [3.8, 4) is 6.07 Å². The van der Waals surface area contributed by atoms with Gasteiger partial charge in [-0.3, -0.25) is 0 Å². The second-order valence-corrected chi connectivity index (χ2v) is 4.25. The van der Waals surface area contributed by atoms with E-state index in [-0.39, 0.29) is 17.6 Å². The lowest BCUT2D eigenvalue weighted by atomic mass is 10.2. The minimum atomic E-state index is -4.61. The summed E-state index contributed by atoms with van der Waals surface area (Å²) in [6.07, 6.45) is -4.61. The first kappa shape index (κ1) is 16.0. The maximum absolute atomic E-state index is 12.8. The molecule has 0 saturated carbocycles. The van der Waals surface area contributed by atoms with Crippen molar-refractivity contribution in [2.75, 3.05) is 30.4 Å². The second-order valence-electron chi connectivity index (χ2n) is 4.25. The van der Waals surface area contributed by atoms with E-state index in [1.165, 1.54) is 13.1 Å². The quantitative estimate of drug-likeness (QED) is 0.901. The third-order valence-corrected chi connectivity index (χ3v) is 2.64. The van der Waals surface area contributed by atoms with E-state index in [1.807, 2.05) is 0 Å². The van der Waals surface area contributed by atoms with Crippen LogP contribution in [0.5, 0.6) is 0 Å². The van der Waals surface area contributed by atoms with Gasteiger partial charge in [-0.15, -0.1) is 0 Å². The highest BCUT2D eigenvalue weighted by Gasteiger charge is 2.35. The minimum Gasteiger partial charge on any atom is -0.373 e. The van der Waals surface area contributed by atoms with Crippen LogP contribution in [0.15, 0.2) is 6.07 Å². The first-order valence-electron chi connectivity index (χ1n) is 6.10. The average Bonchev–Trinajstić information content (AvgIpc) is 2.42. The Kier molecular flexibility index (Phi) is 5.13. The smallest absolute Gasteiger partial charge is 0.373 e. The molecule has 0 radical (unpaired) electrons. The zero-order valence-electron chi connectivity index (χ0n) is 11.5. The average molecular weight is 287 g/mol. The topological polar surface area (TPSA) is 64.8 Å². The van der Waals surface area contributed by atoms with Crippen molar-refractivity contribution in [3.05, 3.63) is 11.9 Å². The van der Waals surface area contributed by atoms with Gasteiger partial charge in [0.2, 0.25) is 5.82 Å². The summed E-state index contributed by atoms with van der Waals surface area (Å²) in [5.74, 6) is -1.26. The van der Waals surface area contributed by atoms with Gasteiger partial charge in [0.25, 0.3) is 0 Å². The molecular weight excluding hydrogens is 271 g/mol. The lowest BCUT2D eigenvalue weighted by molar-refractivity contribution is -0.144. The number of nitrogens with one attached hydrogen (secondary N) is 1. The number of nitriles is 1. The molecule has 1 rings (SSSR count). The highest BCUT2D eigenvalue weighted by molar-refractivity contribution is 5.49. The first-order chi connectivity index (χ1) is 9.31. The molecule has 20 heavy (non-hydrogen) atoms. The zero-order chi connectivity index (χ0) is 15.3. The molecule has 0 bridgehead atoms. The van der Waals surface area contributed by atoms with Gasteiger partial charge in [0.15, 0.2) is 0 Å². The minimum absolute atomic E-state index is 0.0883. The van der Waals surface area contributed by atoms with E-state index >= 15 is 0 Å². The molecule has 1 aromatic heterocycles. The van der Waals surface area contributed by atoms with E-state index in [0.29, 0.717) is 13.1 Å². The van der Waals surface area contributed by atoms with Crippen molar-refractivity contribution >= 4 is 11.6 Å². The van der Waals surface area contributed by atoms with Crippen LogP contribution in [-0.4, -0.2) is 30.1 Å². The summed E-state index contributed by atoms with van der Waals surface area (Å²) >= 11 is 0. The number of hydrogen-bond donors (Lipinski definition) is 1. The van der Waals surface area contributed by atoms with E-state index in [9.17, 15) is 13.2 Å². The third-order valence-electron chi connectivity index (χ3n) is 2.64. The summed E-state index contributed by atoms with van der Waals surface area (Å²) in [6.45, 7) is 4.25. The molecule has 0 aliphatic carbocycles. The van der Waals surface area contributed by atoms with Crippen LogP contribution in [0.25, 0.3) is 0 Å². The van der Waals surface area contributed by atoms with Crippen LogP contribution < -0.4 is 10.2 Å². The van der Waals surface area contributed by atoms with Crippen molar-refractivity contribution in [2.45, 2.75) is 20.0 Å². The molecule has 0 fully saturated rings. The van der Waals surface area contributed by atoms with E-state index in [4.69, 9.17) is 5.26 Å². The van der Waals surface area contributed by atoms with E-state index < -0.39 is 12.0 Å². The molecule has 0 spiro atoms. The Morgan fingerprint density at radius 3 is 2.55 bits per heavy atom. The van der Waals surface area contributed by atoms with Crippen molar-refractivity contribution in [1.82, 2.24) is 9.97 Å². The fourth-order valence-corrected chi connectivity index (χ4v) is 1.61. The summed E-state index contributed by atoms with van der Waals surface area (Å²) in [5, 5.41) is 11.4. The molecule has 1 unspecified atom stereocenters. The molecule has 0 aromatic carbocycles. The third kappa shape index (κ3) is 3.98. The molecule has 8 heteroatoms. The Labute approximate surface area is 115 Å². The van der Waals surface area contributed by atoms with Crippen LogP contribution in [0.3, 0.4) is 0 Å². The predicted molar refractivity (Wildman–Crippen MR) is 69.2 cm³/mol. The van der Waals surface area contributed by atoms with Gasteiger partial charge >= 0.3 is 6.18 Å². The number of nitrogens with zero attached hydrogens (tertiary/aromatic N) is 4. The Hall–Kier alpha value is -2.04. The number of rotatable bonds is 5. The maximum atomic E-state index is 12.8. The highest BCUT2D eigenvalue weighted by Crippen LogP contribution is 2.29. The van der Waals surface area contributed by atoms with E-state index in [0.717, 1.165) is 0 Å². The predicted octanol–water partition coefficient (Wildman–Crippen LogP) is 2.52. The van der Waals surface area contributed by atoms with Crippen LogP contribution in [0, 0.1) is 17.2 Å². The maximum Gasteiger partial charge on any atom is 0.451 e. The van der Waals surface area contributed by atoms with Crippen molar-refractivity contribution in [2.24, 2.45) is 5.92 Å². The zero-order valence-corrected chi connectivity index (χ0v) is 11.5. The summed E-state index contributed by atoms with van der Waals surface area (Å²) in [4.78, 5) is 8.57. The van der Waals surface area contributed by atoms with Crippen LogP contribution >= 0.6 is 0 Å². The molecule has 1 heterocycles. The SMILES string of the molecule is CCN(CC(C)C#N)c1cc(NC)nc(C(F)(F)F)n1. The van der Waals surface area contributed by atoms with Crippen molar-refractivity contribution in [1.29, 1.82) is 5.26 Å². The van der Waals surface area contributed by atoms with E-state index in [2.05, 4.69) is 21.4 Å². The van der Waals surface area contributed by atoms with Crippen molar-refractivity contribution in [3.63, 3.8) is 0 Å². The summed E-state index contributed by atoms with van der Waals surface area (Å²) in [6, 6.07) is 3.48. The highest BCUT2D eigenvalue weighted by atomic mass is 19.4. The largest absolute Gasteiger partial charge is 0.451 e. The van der Waals surface area contributed by atoms with Gasteiger partial charge in [0, 0.05) is 26.2 Å². The molecule has 0 saturated heterocycles. The Morgan fingerprint density at radius 2 is 2.10 bits per heavy atom. The molecule has 110 valence electrons. The molecule has 0 aliphatic rings. The standard InChI is InChI=1S/C12H16F3N5/c1-4-20(7-8(2)6-16)10-5-9(17-3)18-11(19-10)12(13,14)15/h5,8H,4,7H2,1-3H3,(H,17,18,19). The molecule has 0 amide bonds. The van der Waals surface area contributed by atoms with Gasteiger partial charge < -0.3 is 10.2 Å². The normalized spacial score (nSPS) is 12.7. The van der Waals surface area contributed by atoms with Crippen LogP contribution in [-0.2, 0) is 6.18 Å². The van der Waals surface area contributed by atoms with E-state index in [1.54, 1.807) is 18.7 Å². The second kappa shape index (κ2) is 6.41. The summed E-state index contributed by atoms with van der Waals surface area (Å²) in [5.41, 5.74) is 0. The molecule has 1 atom stereocenters. The molecule has 1 N–H and O–H groups in total. The lowest BCUT2D eigenvalue weighted by Crippen LogP contribution is -2.29.